The van der Waals surface area contributed by atoms with Crippen molar-refractivity contribution < 1.29 is 13.2 Å². The van der Waals surface area contributed by atoms with Crippen LogP contribution in [0.5, 0.6) is 0 Å². The molecule has 0 aliphatic heterocycles. The van der Waals surface area contributed by atoms with Gasteiger partial charge in [-0.3, -0.25) is 0 Å². The molecule has 0 saturated carbocycles. The molecule has 1 atom stereocenters. The first kappa shape index (κ1) is 14.6. The van der Waals surface area contributed by atoms with E-state index in [-0.39, 0.29) is 20.1 Å². The smallest absolute Gasteiger partial charge is 0.145 e. The quantitative estimate of drug-likeness (QED) is 0.735. The Morgan fingerprint density at radius 2 is 1.53 bits per heavy atom. The Hall–Kier alpha value is -0.850. The summed E-state index contributed by atoms with van der Waals surface area (Å²) >= 11 is 5.97. The van der Waals surface area contributed by atoms with Gasteiger partial charge in [0.15, 0.2) is 0 Å². The van der Waals surface area contributed by atoms with E-state index in [2.05, 4.69) is 31.9 Å². The first-order chi connectivity index (χ1) is 8.91. The maximum absolute atomic E-state index is 13.9. The van der Waals surface area contributed by atoms with Gasteiger partial charge in [-0.2, -0.15) is 0 Å². The van der Waals surface area contributed by atoms with E-state index < -0.39 is 23.5 Å². The Balaban J connectivity index is 2.52. The van der Waals surface area contributed by atoms with Crippen molar-refractivity contribution in [1.29, 1.82) is 0 Å². The van der Waals surface area contributed by atoms with Crippen LogP contribution in [0.1, 0.15) is 17.2 Å². The van der Waals surface area contributed by atoms with Gasteiger partial charge in [0.05, 0.1) is 15.0 Å². The molecule has 0 aromatic heterocycles. The summed E-state index contributed by atoms with van der Waals surface area (Å²) in [4.78, 5) is 0. The molecular weight excluding hydrogens is 387 g/mol. The molecule has 0 radical (unpaired) electrons. The van der Waals surface area contributed by atoms with Crippen LogP contribution >= 0.6 is 31.9 Å². The molecule has 1 unspecified atom stereocenters. The van der Waals surface area contributed by atoms with Gasteiger partial charge in [0.25, 0.3) is 0 Å². The summed E-state index contributed by atoms with van der Waals surface area (Å²) < 4.78 is 41.4. The number of hydrogen-bond donors (Lipinski definition) is 1. The first-order valence-corrected chi connectivity index (χ1v) is 6.84. The molecule has 0 spiro atoms. The molecule has 0 aliphatic rings. The lowest BCUT2D eigenvalue weighted by Gasteiger charge is -2.15. The van der Waals surface area contributed by atoms with E-state index in [1.54, 1.807) is 0 Å². The summed E-state index contributed by atoms with van der Waals surface area (Å²) in [6, 6.07) is 5.38. The summed E-state index contributed by atoms with van der Waals surface area (Å²) in [5.74, 6) is -2.09. The molecule has 0 saturated heterocycles. The summed E-state index contributed by atoms with van der Waals surface area (Å²) in [7, 11) is 0. The fourth-order valence-electron chi connectivity index (χ4n) is 1.70. The fourth-order valence-corrected chi connectivity index (χ4v) is 2.29. The van der Waals surface area contributed by atoms with E-state index in [9.17, 15) is 13.2 Å². The van der Waals surface area contributed by atoms with Crippen molar-refractivity contribution in [3.8, 4) is 0 Å². The van der Waals surface area contributed by atoms with Crippen molar-refractivity contribution >= 4 is 31.9 Å². The molecule has 0 bridgehead atoms. The average Bonchev–Trinajstić information content (AvgIpc) is 2.37. The van der Waals surface area contributed by atoms with Gasteiger partial charge < -0.3 is 5.73 Å². The highest BCUT2D eigenvalue weighted by atomic mass is 79.9. The van der Waals surface area contributed by atoms with E-state index in [0.29, 0.717) is 0 Å². The normalized spacial score (nSPS) is 12.5. The number of benzene rings is 2. The second kappa shape index (κ2) is 5.64. The Bertz CT molecular complexity index is 632. The van der Waals surface area contributed by atoms with Gasteiger partial charge in [-0.25, -0.2) is 13.2 Å². The van der Waals surface area contributed by atoms with Gasteiger partial charge in [0.1, 0.15) is 17.5 Å². The Morgan fingerprint density at radius 3 is 2.16 bits per heavy atom. The predicted octanol–water partition coefficient (Wildman–Crippen LogP) is 4.68. The molecule has 100 valence electrons. The van der Waals surface area contributed by atoms with Crippen LogP contribution in [0, 0.1) is 17.5 Å². The van der Waals surface area contributed by atoms with Crippen LogP contribution in [0.15, 0.2) is 39.3 Å². The minimum atomic E-state index is -1.08. The van der Waals surface area contributed by atoms with Crippen molar-refractivity contribution in [2.75, 3.05) is 0 Å². The lowest BCUT2D eigenvalue weighted by Crippen LogP contribution is -2.16. The number of hydrogen-bond acceptors (Lipinski definition) is 1. The Labute approximate surface area is 124 Å². The summed E-state index contributed by atoms with van der Waals surface area (Å²) in [6.45, 7) is 0. The van der Waals surface area contributed by atoms with Crippen LogP contribution < -0.4 is 5.73 Å². The monoisotopic (exact) mass is 393 g/mol. The lowest BCUT2D eigenvalue weighted by atomic mass is 9.98. The van der Waals surface area contributed by atoms with E-state index in [1.807, 2.05) is 0 Å². The largest absolute Gasteiger partial charge is 0.320 e. The van der Waals surface area contributed by atoms with Crippen molar-refractivity contribution in [1.82, 2.24) is 0 Å². The third kappa shape index (κ3) is 2.85. The second-order valence-corrected chi connectivity index (χ2v) is 5.62. The lowest BCUT2D eigenvalue weighted by molar-refractivity contribution is 0.538. The molecule has 0 amide bonds. The van der Waals surface area contributed by atoms with Crippen LogP contribution in [-0.2, 0) is 0 Å². The fraction of sp³-hybridized carbons (Fsp3) is 0.0769. The molecule has 0 fully saturated rings. The standard InChI is InChI=1S/C13H8Br2F3N/c14-7-2-1-6(5-10(7)17)13(19)11-9(16)4-3-8(15)12(11)18/h1-5,13H,19H2. The van der Waals surface area contributed by atoms with Gasteiger partial charge in [0.2, 0.25) is 0 Å². The maximum atomic E-state index is 13.9. The number of halogens is 5. The van der Waals surface area contributed by atoms with Crippen LogP contribution in [0.2, 0.25) is 0 Å². The van der Waals surface area contributed by atoms with E-state index in [0.717, 1.165) is 12.1 Å². The van der Waals surface area contributed by atoms with Crippen LogP contribution in [0.25, 0.3) is 0 Å². The molecule has 2 aromatic carbocycles. The van der Waals surface area contributed by atoms with Crippen molar-refractivity contribution in [3.05, 3.63) is 67.9 Å². The van der Waals surface area contributed by atoms with E-state index in [1.165, 1.54) is 18.2 Å². The summed E-state index contributed by atoms with van der Waals surface area (Å²) in [5.41, 5.74) is 5.82. The van der Waals surface area contributed by atoms with Gasteiger partial charge in [0, 0.05) is 5.56 Å². The van der Waals surface area contributed by atoms with Crippen molar-refractivity contribution in [2.45, 2.75) is 6.04 Å². The second-order valence-electron chi connectivity index (χ2n) is 3.91. The Morgan fingerprint density at radius 1 is 0.895 bits per heavy atom. The first-order valence-electron chi connectivity index (χ1n) is 5.25. The van der Waals surface area contributed by atoms with Crippen molar-refractivity contribution in [2.24, 2.45) is 5.73 Å². The highest BCUT2D eigenvalue weighted by Crippen LogP contribution is 2.30. The van der Waals surface area contributed by atoms with E-state index in [4.69, 9.17) is 5.73 Å². The zero-order valence-electron chi connectivity index (χ0n) is 9.43. The molecule has 0 heterocycles. The highest BCUT2D eigenvalue weighted by Gasteiger charge is 2.21. The molecular formula is C13H8Br2F3N. The minimum Gasteiger partial charge on any atom is -0.320 e. The Kier molecular flexibility index (Phi) is 4.32. The highest BCUT2D eigenvalue weighted by molar-refractivity contribution is 9.10. The molecule has 1 nitrogen and oxygen atoms in total. The molecule has 19 heavy (non-hydrogen) atoms. The van der Waals surface area contributed by atoms with Gasteiger partial charge in [-0.05, 0) is 61.7 Å². The average molecular weight is 395 g/mol. The molecule has 2 aromatic rings. The molecule has 2 rings (SSSR count). The topological polar surface area (TPSA) is 26.0 Å². The van der Waals surface area contributed by atoms with Crippen LogP contribution in [0.3, 0.4) is 0 Å². The number of nitrogens with two attached hydrogens (primary N) is 1. The van der Waals surface area contributed by atoms with Crippen LogP contribution in [0.4, 0.5) is 13.2 Å². The maximum Gasteiger partial charge on any atom is 0.145 e. The zero-order chi connectivity index (χ0) is 14.2. The van der Waals surface area contributed by atoms with Crippen molar-refractivity contribution in [3.63, 3.8) is 0 Å². The van der Waals surface area contributed by atoms with Crippen LogP contribution in [-0.4, -0.2) is 0 Å². The molecule has 2 N–H and O–H groups in total. The third-order valence-electron chi connectivity index (χ3n) is 2.69. The molecule has 0 aliphatic carbocycles. The van der Waals surface area contributed by atoms with Gasteiger partial charge >= 0.3 is 0 Å². The number of rotatable bonds is 2. The third-order valence-corrected chi connectivity index (χ3v) is 3.95. The van der Waals surface area contributed by atoms with E-state index >= 15 is 0 Å². The minimum absolute atomic E-state index is 0.108. The SMILES string of the molecule is NC(c1ccc(Br)c(F)c1)c1c(F)ccc(Br)c1F. The van der Waals surface area contributed by atoms with Gasteiger partial charge in [-0.15, -0.1) is 0 Å². The molecule has 6 heteroatoms. The predicted molar refractivity (Wildman–Crippen MR) is 74.2 cm³/mol. The summed E-state index contributed by atoms with van der Waals surface area (Å²) in [6.07, 6.45) is 0. The summed E-state index contributed by atoms with van der Waals surface area (Å²) in [5, 5.41) is 0. The zero-order valence-corrected chi connectivity index (χ0v) is 12.6. The van der Waals surface area contributed by atoms with Gasteiger partial charge in [-0.1, -0.05) is 6.07 Å².